The Morgan fingerprint density at radius 1 is 1.33 bits per heavy atom. The van der Waals surface area contributed by atoms with Crippen LogP contribution in [0.1, 0.15) is 6.92 Å². The minimum Gasteiger partial charge on any atom is -0.481 e. The van der Waals surface area contributed by atoms with E-state index in [1.807, 2.05) is 30.3 Å². The zero-order valence-electron chi connectivity index (χ0n) is 10.2. The number of benzene rings is 1. The number of hydrogen-bond acceptors (Lipinski definition) is 3. The molecule has 0 aliphatic carbocycles. The third kappa shape index (κ3) is 2.63. The second kappa shape index (κ2) is 5.27. The Labute approximate surface area is 104 Å². The van der Waals surface area contributed by atoms with Crippen molar-refractivity contribution in [3.05, 3.63) is 48.0 Å². The van der Waals surface area contributed by atoms with Crippen LogP contribution in [0, 0.1) is 0 Å². The maximum absolute atomic E-state index is 10.9. The number of ether oxygens (including phenoxy) is 1. The molecular formula is C13H13N3O2. The van der Waals surface area contributed by atoms with Gasteiger partial charge in [0.25, 0.3) is 0 Å². The van der Waals surface area contributed by atoms with E-state index >= 15 is 0 Å². The van der Waals surface area contributed by atoms with Crippen LogP contribution in [0.3, 0.4) is 0 Å². The molecule has 92 valence electrons. The Morgan fingerprint density at radius 2 is 2.06 bits per heavy atom. The van der Waals surface area contributed by atoms with E-state index in [9.17, 15) is 4.79 Å². The quantitative estimate of drug-likeness (QED) is 0.799. The molecule has 0 N–H and O–H groups in total. The van der Waals surface area contributed by atoms with Gasteiger partial charge in [-0.1, -0.05) is 18.2 Å². The summed E-state index contributed by atoms with van der Waals surface area (Å²) in [5.74, 6) is 0.250. The summed E-state index contributed by atoms with van der Waals surface area (Å²) in [5, 5.41) is 4.70. The number of hydrogen-bond donors (Lipinski definition) is 0. The van der Waals surface area contributed by atoms with E-state index in [4.69, 9.17) is 4.74 Å². The molecule has 2 aromatic rings. The van der Waals surface area contributed by atoms with Gasteiger partial charge in [-0.15, -0.1) is 0 Å². The number of nitrogens with zero attached hydrogens (tertiary/aromatic N) is 3. The predicted octanol–water partition coefficient (Wildman–Crippen LogP) is 1.33. The molecule has 0 bridgehead atoms. The molecule has 2 rings (SSSR count). The van der Waals surface area contributed by atoms with E-state index in [-0.39, 0.29) is 5.91 Å². The molecule has 1 amide bonds. The normalized spacial score (nSPS) is 11.3. The summed E-state index contributed by atoms with van der Waals surface area (Å²) >= 11 is 0. The number of carbonyl (C=O) groups is 1. The fraction of sp³-hybridized carbons (Fsp3) is 0.154. The molecule has 0 unspecified atom stereocenters. The zero-order valence-corrected chi connectivity index (χ0v) is 10.2. The highest BCUT2D eigenvalue weighted by atomic mass is 16.5. The summed E-state index contributed by atoms with van der Waals surface area (Å²) in [5.41, 5.74) is 0.878. The van der Waals surface area contributed by atoms with Gasteiger partial charge < -0.3 is 4.74 Å². The zero-order chi connectivity index (χ0) is 13.0. The van der Waals surface area contributed by atoms with Crippen LogP contribution in [0.2, 0.25) is 0 Å². The van der Waals surface area contributed by atoms with Crippen LogP contribution in [0.25, 0.3) is 5.69 Å². The van der Waals surface area contributed by atoms with Gasteiger partial charge in [0, 0.05) is 13.0 Å². The highest BCUT2D eigenvalue weighted by molar-refractivity contribution is 5.73. The molecule has 0 radical (unpaired) electrons. The Hall–Kier alpha value is -2.43. The number of methoxy groups -OCH3 is 1. The summed E-state index contributed by atoms with van der Waals surface area (Å²) in [6, 6.07) is 11.3. The van der Waals surface area contributed by atoms with Gasteiger partial charge in [0.05, 0.1) is 24.4 Å². The second-order valence-corrected chi connectivity index (χ2v) is 3.63. The highest BCUT2D eigenvalue weighted by Crippen LogP contribution is 2.12. The van der Waals surface area contributed by atoms with Crippen LogP contribution < -0.4 is 10.1 Å². The Kier molecular flexibility index (Phi) is 3.52. The van der Waals surface area contributed by atoms with E-state index in [0.29, 0.717) is 11.2 Å². The Bertz CT molecular complexity index is 618. The van der Waals surface area contributed by atoms with Crippen molar-refractivity contribution >= 4 is 5.91 Å². The minimum absolute atomic E-state index is 0.267. The summed E-state index contributed by atoms with van der Waals surface area (Å²) in [6.07, 6.45) is 1.52. The van der Waals surface area contributed by atoms with Crippen LogP contribution >= 0.6 is 0 Å². The molecule has 0 fully saturated rings. The lowest BCUT2D eigenvalue weighted by atomic mass is 10.3. The highest BCUT2D eigenvalue weighted by Gasteiger charge is 2.03. The molecule has 0 aliphatic rings. The maximum Gasteiger partial charge on any atom is 0.243 e. The van der Waals surface area contributed by atoms with Gasteiger partial charge in [0.15, 0.2) is 0 Å². The number of aromatic nitrogens is 2. The largest absolute Gasteiger partial charge is 0.481 e. The monoisotopic (exact) mass is 243 g/mol. The number of para-hydroxylation sites is 1. The molecule has 5 heteroatoms. The van der Waals surface area contributed by atoms with Gasteiger partial charge in [-0.05, 0) is 12.1 Å². The van der Waals surface area contributed by atoms with Crippen molar-refractivity contribution < 1.29 is 9.53 Å². The molecule has 0 saturated heterocycles. The van der Waals surface area contributed by atoms with E-state index in [1.54, 1.807) is 17.9 Å². The molecule has 18 heavy (non-hydrogen) atoms. The molecule has 0 atom stereocenters. The smallest absolute Gasteiger partial charge is 0.243 e. The van der Waals surface area contributed by atoms with Crippen LogP contribution in [-0.2, 0) is 4.79 Å². The molecule has 0 saturated carbocycles. The lowest BCUT2D eigenvalue weighted by Gasteiger charge is -2.10. The van der Waals surface area contributed by atoms with Crippen LogP contribution in [0.15, 0.2) is 47.6 Å². The fourth-order valence-corrected chi connectivity index (χ4v) is 1.55. The fourth-order valence-electron chi connectivity index (χ4n) is 1.55. The number of carbonyl (C=O) groups excluding carboxylic acids is 1. The number of rotatable bonds is 2. The average Bonchev–Trinajstić information content (AvgIpc) is 2.39. The summed E-state index contributed by atoms with van der Waals surface area (Å²) in [4.78, 5) is 14.7. The van der Waals surface area contributed by atoms with Crippen LogP contribution in [0.4, 0.5) is 0 Å². The van der Waals surface area contributed by atoms with Crippen molar-refractivity contribution in [3.8, 4) is 11.6 Å². The second-order valence-electron chi connectivity index (χ2n) is 3.63. The molecular weight excluding hydrogens is 230 g/mol. The third-order valence-electron chi connectivity index (χ3n) is 2.28. The SMILES string of the molecule is COc1cc(=NC(C)=O)cnn1-c1ccccc1. The molecule has 1 aromatic heterocycles. The van der Waals surface area contributed by atoms with Crippen molar-refractivity contribution in [3.63, 3.8) is 0 Å². The first-order chi connectivity index (χ1) is 8.70. The molecule has 1 aromatic carbocycles. The van der Waals surface area contributed by atoms with Crippen molar-refractivity contribution in [1.82, 2.24) is 9.78 Å². The van der Waals surface area contributed by atoms with Gasteiger partial charge in [-0.3, -0.25) is 4.79 Å². The third-order valence-corrected chi connectivity index (χ3v) is 2.28. The first kappa shape index (κ1) is 12.0. The standard InChI is InChI=1S/C13H13N3O2/c1-10(17)15-11-8-13(18-2)16(14-9-11)12-6-4-3-5-7-12/h3-9H,1-2H3. The van der Waals surface area contributed by atoms with Crippen molar-refractivity contribution in [2.75, 3.05) is 7.11 Å². The van der Waals surface area contributed by atoms with Crippen molar-refractivity contribution in [2.24, 2.45) is 4.99 Å². The van der Waals surface area contributed by atoms with E-state index in [2.05, 4.69) is 10.1 Å². The summed E-state index contributed by atoms with van der Waals surface area (Å²) in [7, 11) is 1.55. The van der Waals surface area contributed by atoms with Crippen molar-refractivity contribution in [1.29, 1.82) is 0 Å². The lowest BCUT2D eigenvalue weighted by molar-refractivity contribution is -0.116. The molecule has 1 heterocycles. The summed E-state index contributed by atoms with van der Waals surface area (Å²) < 4.78 is 6.89. The van der Waals surface area contributed by atoms with Crippen LogP contribution in [-0.4, -0.2) is 22.8 Å². The van der Waals surface area contributed by atoms with E-state index in [0.717, 1.165) is 5.69 Å². The van der Waals surface area contributed by atoms with Gasteiger partial charge in [-0.2, -0.15) is 5.10 Å². The van der Waals surface area contributed by atoms with Crippen LogP contribution in [0.5, 0.6) is 5.88 Å². The van der Waals surface area contributed by atoms with Gasteiger partial charge in [0.1, 0.15) is 0 Å². The summed E-state index contributed by atoms with van der Waals surface area (Å²) in [6.45, 7) is 1.39. The molecule has 0 spiro atoms. The lowest BCUT2D eigenvalue weighted by Crippen LogP contribution is -2.13. The van der Waals surface area contributed by atoms with E-state index < -0.39 is 0 Å². The minimum atomic E-state index is -0.267. The van der Waals surface area contributed by atoms with Crippen molar-refractivity contribution in [2.45, 2.75) is 6.92 Å². The van der Waals surface area contributed by atoms with Gasteiger partial charge in [0.2, 0.25) is 11.8 Å². The van der Waals surface area contributed by atoms with E-state index in [1.165, 1.54) is 13.1 Å². The molecule has 0 aliphatic heterocycles. The number of amides is 1. The Morgan fingerprint density at radius 3 is 2.67 bits per heavy atom. The average molecular weight is 243 g/mol. The first-order valence-electron chi connectivity index (χ1n) is 5.45. The first-order valence-corrected chi connectivity index (χ1v) is 5.45. The van der Waals surface area contributed by atoms with Gasteiger partial charge in [-0.25, -0.2) is 9.67 Å². The molecule has 5 nitrogen and oxygen atoms in total. The topological polar surface area (TPSA) is 56.5 Å². The van der Waals surface area contributed by atoms with Gasteiger partial charge >= 0.3 is 0 Å². The Balaban J connectivity index is 2.54. The predicted molar refractivity (Wildman–Crippen MR) is 66.4 cm³/mol. The maximum atomic E-state index is 10.9.